The lowest BCUT2D eigenvalue weighted by molar-refractivity contribution is -0.108. The lowest BCUT2D eigenvalue weighted by Crippen LogP contribution is -1.93. The van der Waals surface area contributed by atoms with Crippen molar-refractivity contribution < 1.29 is 13.6 Å². The molecule has 0 N–H and O–H groups in total. The molecule has 4 heteroatoms. The Labute approximate surface area is 115 Å². The van der Waals surface area contributed by atoms with Gasteiger partial charge in [0.2, 0.25) is 5.89 Å². The van der Waals surface area contributed by atoms with E-state index in [0.717, 1.165) is 11.8 Å². The number of carbonyl (C=O) groups is 1. The van der Waals surface area contributed by atoms with Gasteiger partial charge < -0.3 is 9.21 Å². The number of carbonyl (C=O) groups excluding carboxylic acids is 1. The van der Waals surface area contributed by atoms with E-state index in [-0.39, 0.29) is 11.7 Å². The highest BCUT2D eigenvalue weighted by molar-refractivity contribution is 5.78. The molecular formula is C16H12FNO2. The molecule has 0 aliphatic carbocycles. The van der Waals surface area contributed by atoms with Crippen LogP contribution in [0.25, 0.3) is 22.6 Å². The van der Waals surface area contributed by atoms with Crippen molar-refractivity contribution in [2.45, 2.75) is 12.8 Å². The first-order valence-corrected chi connectivity index (χ1v) is 6.29. The normalized spacial score (nSPS) is 12.5. The van der Waals surface area contributed by atoms with Crippen molar-refractivity contribution in [2.24, 2.45) is 0 Å². The van der Waals surface area contributed by atoms with Crippen LogP contribution >= 0.6 is 0 Å². The van der Waals surface area contributed by atoms with E-state index < -0.39 is 0 Å². The molecule has 3 aromatic rings. The maximum Gasteiger partial charge on any atom is 0.227 e. The van der Waals surface area contributed by atoms with Gasteiger partial charge in [-0.3, -0.25) is 0 Å². The van der Waals surface area contributed by atoms with Gasteiger partial charge in [0.1, 0.15) is 17.6 Å². The predicted molar refractivity (Wildman–Crippen MR) is 73.9 cm³/mol. The molecule has 0 radical (unpaired) electrons. The van der Waals surface area contributed by atoms with Crippen molar-refractivity contribution in [3.8, 4) is 11.5 Å². The number of fused-ring (bicyclic) bond motifs is 1. The summed E-state index contributed by atoms with van der Waals surface area (Å²) in [6.07, 6.45) is 0.891. The molecule has 2 aromatic carbocycles. The fraction of sp³-hybridized carbons (Fsp3) is 0.125. The zero-order valence-electron chi connectivity index (χ0n) is 10.8. The van der Waals surface area contributed by atoms with Gasteiger partial charge >= 0.3 is 0 Å². The molecule has 0 bridgehead atoms. The number of aldehydes is 1. The zero-order valence-corrected chi connectivity index (χ0v) is 10.8. The molecule has 1 aromatic heterocycles. The molecule has 1 heterocycles. The van der Waals surface area contributed by atoms with E-state index in [4.69, 9.17) is 4.42 Å². The number of rotatable bonds is 3. The van der Waals surface area contributed by atoms with Crippen molar-refractivity contribution >= 4 is 17.4 Å². The zero-order chi connectivity index (χ0) is 14.1. The number of benzene rings is 2. The molecule has 1 unspecified atom stereocenters. The second-order valence-corrected chi connectivity index (χ2v) is 4.68. The Morgan fingerprint density at radius 2 is 1.95 bits per heavy atom. The minimum atomic E-state index is -0.299. The van der Waals surface area contributed by atoms with Gasteiger partial charge in [-0.2, -0.15) is 0 Å². The average molecular weight is 269 g/mol. The average Bonchev–Trinajstić information content (AvgIpc) is 2.90. The Morgan fingerprint density at radius 3 is 2.65 bits per heavy atom. The molecule has 20 heavy (non-hydrogen) atoms. The van der Waals surface area contributed by atoms with Crippen LogP contribution in [0.4, 0.5) is 4.39 Å². The number of hydrogen-bond donors (Lipinski definition) is 0. The molecule has 0 aliphatic heterocycles. The minimum Gasteiger partial charge on any atom is -0.436 e. The number of nitrogens with zero attached hydrogens (tertiary/aromatic N) is 1. The first-order chi connectivity index (χ1) is 9.67. The molecule has 0 spiro atoms. The summed E-state index contributed by atoms with van der Waals surface area (Å²) in [4.78, 5) is 15.2. The Balaban J connectivity index is 2.06. The predicted octanol–water partition coefficient (Wildman–Crippen LogP) is 3.94. The summed E-state index contributed by atoms with van der Waals surface area (Å²) in [7, 11) is 0. The molecule has 0 saturated heterocycles. The number of halogens is 1. The van der Waals surface area contributed by atoms with Crippen LogP contribution in [-0.2, 0) is 4.79 Å². The van der Waals surface area contributed by atoms with E-state index in [0.29, 0.717) is 22.6 Å². The largest absolute Gasteiger partial charge is 0.436 e. The van der Waals surface area contributed by atoms with Gasteiger partial charge in [0.05, 0.1) is 0 Å². The first-order valence-electron chi connectivity index (χ1n) is 6.29. The topological polar surface area (TPSA) is 43.1 Å². The van der Waals surface area contributed by atoms with Crippen molar-refractivity contribution in [3.63, 3.8) is 0 Å². The van der Waals surface area contributed by atoms with Gasteiger partial charge in [0, 0.05) is 11.5 Å². The molecule has 100 valence electrons. The van der Waals surface area contributed by atoms with E-state index in [1.165, 1.54) is 12.1 Å². The van der Waals surface area contributed by atoms with E-state index in [1.54, 1.807) is 18.2 Å². The van der Waals surface area contributed by atoms with Crippen molar-refractivity contribution in [1.82, 2.24) is 4.98 Å². The molecule has 0 aliphatic rings. The van der Waals surface area contributed by atoms with Crippen LogP contribution in [0, 0.1) is 5.82 Å². The van der Waals surface area contributed by atoms with Gasteiger partial charge in [-0.25, -0.2) is 9.37 Å². The van der Waals surface area contributed by atoms with Crippen LogP contribution in [0.3, 0.4) is 0 Å². The second-order valence-electron chi connectivity index (χ2n) is 4.68. The SMILES string of the molecule is CC(C=O)c1ccc2oc(-c3ccc(F)cc3)nc2c1. The lowest BCUT2D eigenvalue weighted by atomic mass is 10.0. The standard InChI is InChI=1S/C16H12FNO2/c1-10(9-19)12-4-7-15-14(8-12)18-16(20-15)11-2-5-13(17)6-3-11/h2-10H,1H3. The van der Waals surface area contributed by atoms with Crippen LogP contribution in [-0.4, -0.2) is 11.3 Å². The number of aromatic nitrogens is 1. The fourth-order valence-electron chi connectivity index (χ4n) is 2.02. The summed E-state index contributed by atoms with van der Waals surface area (Å²) < 4.78 is 18.5. The molecule has 1 atom stereocenters. The molecule has 3 nitrogen and oxygen atoms in total. The summed E-state index contributed by atoms with van der Waals surface area (Å²) in [5, 5.41) is 0. The van der Waals surface area contributed by atoms with Crippen LogP contribution < -0.4 is 0 Å². The highest BCUT2D eigenvalue weighted by Gasteiger charge is 2.11. The summed E-state index contributed by atoms with van der Waals surface area (Å²) in [5.74, 6) is -0.0340. The van der Waals surface area contributed by atoms with Gasteiger partial charge in [-0.1, -0.05) is 13.0 Å². The Morgan fingerprint density at radius 1 is 1.20 bits per heavy atom. The van der Waals surface area contributed by atoms with Crippen LogP contribution in [0.15, 0.2) is 46.9 Å². The second kappa shape index (κ2) is 4.89. The van der Waals surface area contributed by atoms with E-state index in [9.17, 15) is 9.18 Å². The van der Waals surface area contributed by atoms with Crippen LogP contribution in [0.5, 0.6) is 0 Å². The summed E-state index contributed by atoms with van der Waals surface area (Å²) in [6, 6.07) is 11.5. The van der Waals surface area contributed by atoms with E-state index >= 15 is 0 Å². The molecule has 3 rings (SSSR count). The Kier molecular flexibility index (Phi) is 3.06. The quantitative estimate of drug-likeness (QED) is 0.676. The maximum absolute atomic E-state index is 12.9. The van der Waals surface area contributed by atoms with E-state index in [1.807, 2.05) is 19.1 Å². The maximum atomic E-state index is 12.9. The van der Waals surface area contributed by atoms with Gasteiger partial charge in [0.25, 0.3) is 0 Å². The van der Waals surface area contributed by atoms with Crippen LogP contribution in [0.1, 0.15) is 18.4 Å². The first kappa shape index (κ1) is 12.5. The van der Waals surface area contributed by atoms with Crippen molar-refractivity contribution in [1.29, 1.82) is 0 Å². The third kappa shape index (κ3) is 2.20. The van der Waals surface area contributed by atoms with E-state index in [2.05, 4.69) is 4.98 Å². The summed E-state index contributed by atoms with van der Waals surface area (Å²) >= 11 is 0. The van der Waals surface area contributed by atoms with Gasteiger partial charge in [-0.15, -0.1) is 0 Å². The molecule has 0 fully saturated rings. The lowest BCUT2D eigenvalue weighted by Gasteiger charge is -2.01. The third-order valence-corrected chi connectivity index (χ3v) is 3.23. The minimum absolute atomic E-state index is 0.176. The van der Waals surface area contributed by atoms with Crippen molar-refractivity contribution in [3.05, 3.63) is 53.8 Å². The van der Waals surface area contributed by atoms with Crippen molar-refractivity contribution in [2.75, 3.05) is 0 Å². The smallest absolute Gasteiger partial charge is 0.227 e. The van der Waals surface area contributed by atoms with Gasteiger partial charge in [-0.05, 0) is 42.0 Å². The highest BCUT2D eigenvalue weighted by atomic mass is 19.1. The molecule has 0 saturated carbocycles. The third-order valence-electron chi connectivity index (χ3n) is 3.23. The Hall–Kier alpha value is -2.49. The summed E-state index contributed by atoms with van der Waals surface area (Å²) in [6.45, 7) is 1.83. The monoisotopic (exact) mass is 269 g/mol. The number of oxazole rings is 1. The Bertz CT molecular complexity index is 762. The summed E-state index contributed by atoms with van der Waals surface area (Å²) in [5.41, 5.74) is 2.95. The fourth-order valence-corrected chi connectivity index (χ4v) is 2.02. The molecular weight excluding hydrogens is 257 g/mol. The molecule has 0 amide bonds. The highest BCUT2D eigenvalue weighted by Crippen LogP contribution is 2.26. The van der Waals surface area contributed by atoms with Crippen LogP contribution in [0.2, 0.25) is 0 Å². The van der Waals surface area contributed by atoms with Gasteiger partial charge in [0.15, 0.2) is 5.58 Å². The number of hydrogen-bond acceptors (Lipinski definition) is 3.